The molecule has 5 nitrogen and oxygen atoms in total. The second-order valence-electron chi connectivity index (χ2n) is 7.61. The van der Waals surface area contributed by atoms with Crippen molar-refractivity contribution in [2.75, 3.05) is 12.4 Å². The zero-order valence-corrected chi connectivity index (χ0v) is 19.0. The Morgan fingerprint density at radius 3 is 2.53 bits per heavy atom. The highest BCUT2D eigenvalue weighted by Gasteiger charge is 2.16. The van der Waals surface area contributed by atoms with Crippen molar-refractivity contribution >= 4 is 16.9 Å². The van der Waals surface area contributed by atoms with E-state index in [4.69, 9.17) is 9.72 Å². The van der Waals surface area contributed by atoms with Gasteiger partial charge in [0.25, 0.3) is 0 Å². The quantitative estimate of drug-likeness (QED) is 0.535. The molecule has 0 radical (unpaired) electrons. The molecular weight excluding hydrogens is 372 g/mol. The number of ether oxygens (including phenoxy) is 1. The Morgan fingerprint density at radius 1 is 1.07 bits per heavy atom. The number of hydrogen-bond donors (Lipinski definition) is 1. The molecule has 0 amide bonds. The largest absolute Gasteiger partial charge is 0.481 e. The first-order valence-electron chi connectivity index (χ1n) is 11.3. The van der Waals surface area contributed by atoms with Crippen LogP contribution < -0.4 is 10.1 Å². The zero-order valence-electron chi connectivity index (χ0n) is 19.0. The fourth-order valence-electron chi connectivity index (χ4n) is 4.05. The fourth-order valence-corrected chi connectivity index (χ4v) is 4.05. The Kier molecular flexibility index (Phi) is 7.61. The smallest absolute Gasteiger partial charge is 0.223 e. The van der Waals surface area contributed by atoms with E-state index in [1.54, 1.807) is 7.11 Å². The summed E-state index contributed by atoms with van der Waals surface area (Å²) in [7, 11) is 1.67. The van der Waals surface area contributed by atoms with Crippen LogP contribution in [0.15, 0.2) is 30.5 Å². The highest BCUT2D eigenvalue weighted by atomic mass is 16.5. The van der Waals surface area contributed by atoms with E-state index in [0.717, 1.165) is 40.1 Å². The van der Waals surface area contributed by atoms with Gasteiger partial charge < -0.3 is 10.1 Å². The number of nitrogens with one attached hydrogen (secondary N) is 1. The molecule has 1 aliphatic carbocycles. The third-order valence-corrected chi connectivity index (χ3v) is 5.59. The third-order valence-electron chi connectivity index (χ3n) is 5.59. The molecule has 0 atom stereocenters. The summed E-state index contributed by atoms with van der Waals surface area (Å²) in [4.78, 5) is 14.0. The van der Waals surface area contributed by atoms with Crippen LogP contribution in [0.25, 0.3) is 22.0 Å². The first-order chi connectivity index (χ1) is 14.7. The van der Waals surface area contributed by atoms with Gasteiger partial charge in [-0.1, -0.05) is 40.0 Å². The van der Waals surface area contributed by atoms with Gasteiger partial charge in [0.15, 0.2) is 0 Å². The maximum absolute atomic E-state index is 5.52. The Hall–Kier alpha value is -2.69. The molecule has 5 heteroatoms. The standard InChI is InChI=1S/C23H28N4O.C2H6/c1-4-16-12-17(20-11-10-15(2)25-22(20)28-3)13-18-14-24-23(27-21(16)18)26-19-8-6-5-7-9-19;1-2/h10-14,19H,4-9H2,1-3H3,(H,24,26,27);1-2H3. The van der Waals surface area contributed by atoms with Crippen molar-refractivity contribution in [3.8, 4) is 17.0 Å². The molecule has 1 fully saturated rings. The Bertz CT molecular complexity index is 980. The van der Waals surface area contributed by atoms with Gasteiger partial charge in [-0.25, -0.2) is 15.0 Å². The Labute approximate surface area is 180 Å². The Morgan fingerprint density at radius 2 is 1.83 bits per heavy atom. The van der Waals surface area contributed by atoms with Crippen molar-refractivity contribution in [1.29, 1.82) is 0 Å². The molecule has 0 spiro atoms. The van der Waals surface area contributed by atoms with Crippen molar-refractivity contribution in [3.63, 3.8) is 0 Å². The number of methoxy groups -OCH3 is 1. The van der Waals surface area contributed by atoms with E-state index in [9.17, 15) is 0 Å². The van der Waals surface area contributed by atoms with Gasteiger partial charge >= 0.3 is 0 Å². The van der Waals surface area contributed by atoms with Crippen LogP contribution in [0.4, 0.5) is 5.95 Å². The number of nitrogens with zero attached hydrogens (tertiary/aromatic N) is 3. The minimum absolute atomic E-state index is 0.499. The average molecular weight is 407 g/mol. The van der Waals surface area contributed by atoms with E-state index in [1.807, 2.05) is 33.0 Å². The molecule has 2 heterocycles. The summed E-state index contributed by atoms with van der Waals surface area (Å²) in [6, 6.07) is 8.92. The normalized spacial score (nSPS) is 14.2. The lowest BCUT2D eigenvalue weighted by Crippen LogP contribution is -2.23. The number of anilines is 1. The second kappa shape index (κ2) is 10.4. The van der Waals surface area contributed by atoms with Crippen LogP contribution in [0.2, 0.25) is 0 Å². The monoisotopic (exact) mass is 406 g/mol. The van der Waals surface area contributed by atoms with Gasteiger partial charge in [0.1, 0.15) is 0 Å². The topological polar surface area (TPSA) is 59.9 Å². The van der Waals surface area contributed by atoms with Crippen LogP contribution in [-0.2, 0) is 6.42 Å². The summed E-state index contributed by atoms with van der Waals surface area (Å²) in [5, 5.41) is 4.59. The average Bonchev–Trinajstić information content (AvgIpc) is 2.80. The SMILES string of the molecule is CC.CCc1cc(-c2ccc(C)nc2OC)cc2cnc(NC3CCCCC3)nc12. The van der Waals surface area contributed by atoms with E-state index in [0.29, 0.717) is 11.9 Å². The summed E-state index contributed by atoms with van der Waals surface area (Å²) in [5.74, 6) is 1.40. The van der Waals surface area contributed by atoms with E-state index in [2.05, 4.69) is 40.4 Å². The maximum atomic E-state index is 5.52. The molecular formula is C25H34N4O. The van der Waals surface area contributed by atoms with Crippen molar-refractivity contribution in [2.45, 2.75) is 72.3 Å². The molecule has 0 aliphatic heterocycles. The number of rotatable bonds is 5. The third kappa shape index (κ3) is 4.89. The summed E-state index contributed by atoms with van der Waals surface area (Å²) in [6.45, 7) is 8.14. The predicted molar refractivity (Wildman–Crippen MR) is 125 cm³/mol. The minimum atomic E-state index is 0.499. The van der Waals surface area contributed by atoms with Crippen LogP contribution in [0.5, 0.6) is 5.88 Å². The van der Waals surface area contributed by atoms with Crippen molar-refractivity contribution < 1.29 is 4.74 Å². The Balaban J connectivity index is 0.00000124. The van der Waals surface area contributed by atoms with Crippen LogP contribution in [-0.4, -0.2) is 28.1 Å². The highest BCUT2D eigenvalue weighted by Crippen LogP contribution is 2.33. The first-order valence-corrected chi connectivity index (χ1v) is 11.3. The summed E-state index contributed by atoms with van der Waals surface area (Å²) < 4.78 is 5.52. The second-order valence-corrected chi connectivity index (χ2v) is 7.61. The molecule has 3 aromatic rings. The van der Waals surface area contributed by atoms with E-state index >= 15 is 0 Å². The van der Waals surface area contributed by atoms with Gasteiger partial charge in [-0.2, -0.15) is 0 Å². The summed E-state index contributed by atoms with van der Waals surface area (Å²) >= 11 is 0. The van der Waals surface area contributed by atoms with Crippen LogP contribution in [0.1, 0.15) is 64.1 Å². The van der Waals surface area contributed by atoms with Crippen molar-refractivity contribution in [2.24, 2.45) is 0 Å². The van der Waals surface area contributed by atoms with Crippen LogP contribution >= 0.6 is 0 Å². The van der Waals surface area contributed by atoms with E-state index < -0.39 is 0 Å². The molecule has 1 saturated carbocycles. The number of benzene rings is 1. The molecule has 30 heavy (non-hydrogen) atoms. The summed E-state index contributed by atoms with van der Waals surface area (Å²) in [6.07, 6.45) is 9.19. The van der Waals surface area contributed by atoms with Crippen LogP contribution in [0, 0.1) is 6.92 Å². The van der Waals surface area contributed by atoms with E-state index in [-0.39, 0.29) is 0 Å². The fraction of sp³-hybridized carbons (Fsp3) is 0.480. The molecule has 0 bridgehead atoms. The molecule has 0 unspecified atom stereocenters. The number of hydrogen-bond acceptors (Lipinski definition) is 5. The lowest BCUT2D eigenvalue weighted by molar-refractivity contribution is 0.399. The lowest BCUT2D eigenvalue weighted by atomic mass is 9.96. The molecule has 1 aliphatic rings. The minimum Gasteiger partial charge on any atom is -0.481 e. The number of fused-ring (bicyclic) bond motifs is 1. The van der Waals surface area contributed by atoms with Gasteiger partial charge in [0.05, 0.1) is 12.6 Å². The summed E-state index contributed by atoms with van der Waals surface area (Å²) in [5.41, 5.74) is 5.26. The van der Waals surface area contributed by atoms with Gasteiger partial charge in [0.2, 0.25) is 11.8 Å². The lowest BCUT2D eigenvalue weighted by Gasteiger charge is -2.22. The van der Waals surface area contributed by atoms with Gasteiger partial charge in [-0.05, 0) is 61.6 Å². The van der Waals surface area contributed by atoms with Crippen LogP contribution in [0.3, 0.4) is 0 Å². The molecule has 2 aromatic heterocycles. The maximum Gasteiger partial charge on any atom is 0.223 e. The van der Waals surface area contributed by atoms with Gasteiger partial charge in [-0.15, -0.1) is 0 Å². The number of pyridine rings is 1. The first kappa shape index (κ1) is 22.0. The number of aryl methyl sites for hydroxylation is 2. The number of aromatic nitrogens is 3. The predicted octanol–water partition coefficient (Wildman–Crippen LogP) is 6.34. The van der Waals surface area contributed by atoms with Gasteiger partial charge in [0, 0.05) is 28.9 Å². The molecule has 160 valence electrons. The zero-order chi connectivity index (χ0) is 21.5. The molecule has 0 saturated heterocycles. The highest BCUT2D eigenvalue weighted by molar-refractivity contribution is 5.88. The van der Waals surface area contributed by atoms with Gasteiger partial charge in [-0.3, -0.25) is 0 Å². The van der Waals surface area contributed by atoms with E-state index in [1.165, 1.54) is 37.7 Å². The van der Waals surface area contributed by atoms with Crippen molar-refractivity contribution in [1.82, 2.24) is 15.0 Å². The molecule has 1 aromatic carbocycles. The van der Waals surface area contributed by atoms with Crippen molar-refractivity contribution in [3.05, 3.63) is 41.7 Å². The molecule has 4 rings (SSSR count). The molecule has 1 N–H and O–H groups in total.